The molecule has 2 heterocycles. The Labute approximate surface area is 99.1 Å². The van der Waals surface area contributed by atoms with Crippen LogP contribution in [0.25, 0.3) is 0 Å². The van der Waals surface area contributed by atoms with E-state index in [4.69, 9.17) is 0 Å². The molecule has 0 radical (unpaired) electrons. The van der Waals surface area contributed by atoms with Gasteiger partial charge in [0.2, 0.25) is 0 Å². The van der Waals surface area contributed by atoms with E-state index < -0.39 is 0 Å². The Morgan fingerprint density at radius 3 is 2.81 bits per heavy atom. The third-order valence-corrected chi connectivity index (χ3v) is 2.92. The maximum absolute atomic E-state index is 4.31. The fourth-order valence-electron chi connectivity index (χ4n) is 1.36. The number of rotatable bonds is 4. The molecule has 84 valence electrons. The predicted octanol–water partition coefficient (Wildman–Crippen LogP) is 2.15. The highest BCUT2D eigenvalue weighted by molar-refractivity contribution is 7.98. The second kappa shape index (κ2) is 5.03. The van der Waals surface area contributed by atoms with Gasteiger partial charge in [0.1, 0.15) is 5.82 Å². The Hall–Kier alpha value is -1.49. The zero-order valence-corrected chi connectivity index (χ0v) is 10.2. The zero-order chi connectivity index (χ0) is 11.4. The summed E-state index contributed by atoms with van der Waals surface area (Å²) in [5, 5.41) is 7.36. The molecule has 0 saturated heterocycles. The number of hydrogen-bond acceptors (Lipinski definition) is 4. The van der Waals surface area contributed by atoms with Crippen molar-refractivity contribution >= 4 is 17.6 Å². The highest BCUT2D eigenvalue weighted by Crippen LogP contribution is 2.14. The molecule has 5 heteroatoms. The van der Waals surface area contributed by atoms with Gasteiger partial charge in [-0.05, 0) is 18.4 Å². The molecule has 4 nitrogen and oxygen atoms in total. The number of aromatic nitrogens is 3. The molecule has 16 heavy (non-hydrogen) atoms. The number of hydrogen-bond donors (Lipinski definition) is 1. The summed E-state index contributed by atoms with van der Waals surface area (Å²) in [5.41, 5.74) is 1.15. The molecule has 1 N–H and O–H groups in total. The summed E-state index contributed by atoms with van der Waals surface area (Å²) in [6, 6.07) is 4.05. The molecule has 2 aromatic rings. The topological polar surface area (TPSA) is 42.7 Å². The number of aryl methyl sites for hydroxylation is 1. The van der Waals surface area contributed by atoms with Gasteiger partial charge in [-0.15, -0.1) is 11.8 Å². The molecule has 2 aromatic heterocycles. The molecule has 0 unspecified atom stereocenters. The van der Waals surface area contributed by atoms with Crippen LogP contribution in [-0.4, -0.2) is 21.0 Å². The van der Waals surface area contributed by atoms with Gasteiger partial charge in [0.25, 0.3) is 0 Å². The van der Waals surface area contributed by atoms with Gasteiger partial charge in [0, 0.05) is 36.4 Å². The van der Waals surface area contributed by atoms with Gasteiger partial charge >= 0.3 is 0 Å². The van der Waals surface area contributed by atoms with E-state index in [9.17, 15) is 0 Å². The van der Waals surface area contributed by atoms with Gasteiger partial charge in [-0.2, -0.15) is 5.10 Å². The number of thioether (sulfide) groups is 1. The minimum absolute atomic E-state index is 0.749. The maximum atomic E-state index is 4.31. The van der Waals surface area contributed by atoms with Crippen molar-refractivity contribution in [2.45, 2.75) is 11.4 Å². The van der Waals surface area contributed by atoms with Crippen LogP contribution < -0.4 is 5.32 Å². The van der Waals surface area contributed by atoms with Crippen LogP contribution in [0.4, 0.5) is 5.82 Å². The molecule has 0 spiro atoms. The molecule has 0 atom stereocenters. The highest BCUT2D eigenvalue weighted by Gasteiger charge is 1.97. The smallest absolute Gasteiger partial charge is 0.126 e. The second-order valence-corrected chi connectivity index (χ2v) is 4.34. The van der Waals surface area contributed by atoms with E-state index in [1.54, 1.807) is 16.4 Å². The summed E-state index contributed by atoms with van der Waals surface area (Å²) in [6.45, 7) is 0.749. The van der Waals surface area contributed by atoms with Crippen LogP contribution in [0.15, 0.2) is 35.6 Å². The first-order chi connectivity index (χ1) is 7.78. The first-order valence-electron chi connectivity index (χ1n) is 4.99. The first-order valence-corrected chi connectivity index (χ1v) is 6.22. The molecule has 0 aliphatic heterocycles. The van der Waals surface area contributed by atoms with Crippen molar-refractivity contribution in [3.63, 3.8) is 0 Å². The Bertz CT molecular complexity index is 449. The van der Waals surface area contributed by atoms with E-state index >= 15 is 0 Å². The van der Waals surface area contributed by atoms with Crippen molar-refractivity contribution in [2.75, 3.05) is 11.6 Å². The van der Waals surface area contributed by atoms with Gasteiger partial charge < -0.3 is 5.32 Å². The van der Waals surface area contributed by atoms with E-state index in [1.165, 1.54) is 4.90 Å². The SMILES string of the molecule is CSc1ccc(NCc2cnn(C)c2)nc1. The highest BCUT2D eigenvalue weighted by atomic mass is 32.2. The van der Waals surface area contributed by atoms with Crippen molar-refractivity contribution < 1.29 is 0 Å². The van der Waals surface area contributed by atoms with E-state index in [2.05, 4.69) is 21.5 Å². The monoisotopic (exact) mass is 234 g/mol. The van der Waals surface area contributed by atoms with Gasteiger partial charge in [-0.25, -0.2) is 4.98 Å². The Morgan fingerprint density at radius 2 is 2.25 bits per heavy atom. The van der Waals surface area contributed by atoms with Crippen molar-refractivity contribution in [3.8, 4) is 0 Å². The number of nitrogens with one attached hydrogen (secondary N) is 1. The zero-order valence-electron chi connectivity index (χ0n) is 9.34. The Balaban J connectivity index is 1.94. The molecular weight excluding hydrogens is 220 g/mol. The summed E-state index contributed by atoms with van der Waals surface area (Å²) in [7, 11) is 1.91. The minimum Gasteiger partial charge on any atom is -0.366 e. The van der Waals surface area contributed by atoms with Crippen molar-refractivity contribution in [1.82, 2.24) is 14.8 Å². The second-order valence-electron chi connectivity index (χ2n) is 3.46. The number of pyridine rings is 1. The van der Waals surface area contributed by atoms with Crippen LogP contribution in [-0.2, 0) is 13.6 Å². The molecule has 0 bridgehead atoms. The minimum atomic E-state index is 0.749. The summed E-state index contributed by atoms with van der Waals surface area (Å²) in [6.07, 6.45) is 7.75. The summed E-state index contributed by atoms with van der Waals surface area (Å²) >= 11 is 1.69. The molecule has 0 aliphatic rings. The van der Waals surface area contributed by atoms with E-state index in [0.29, 0.717) is 0 Å². The molecule has 0 aliphatic carbocycles. The van der Waals surface area contributed by atoms with Crippen molar-refractivity contribution in [1.29, 1.82) is 0 Å². The van der Waals surface area contributed by atoms with E-state index in [0.717, 1.165) is 17.9 Å². The average Bonchev–Trinajstić information content (AvgIpc) is 2.73. The fraction of sp³-hybridized carbons (Fsp3) is 0.273. The fourth-order valence-corrected chi connectivity index (χ4v) is 1.72. The third-order valence-electron chi connectivity index (χ3n) is 2.20. The molecule has 0 saturated carbocycles. The Kier molecular flexibility index (Phi) is 3.46. The van der Waals surface area contributed by atoms with Crippen LogP contribution >= 0.6 is 11.8 Å². The lowest BCUT2D eigenvalue weighted by molar-refractivity contribution is 0.767. The lowest BCUT2D eigenvalue weighted by atomic mass is 10.3. The van der Waals surface area contributed by atoms with E-state index in [-0.39, 0.29) is 0 Å². The lowest BCUT2D eigenvalue weighted by Crippen LogP contribution is -2.00. The number of nitrogens with zero attached hydrogens (tertiary/aromatic N) is 3. The van der Waals surface area contributed by atoms with Crippen LogP contribution in [0.3, 0.4) is 0 Å². The van der Waals surface area contributed by atoms with Crippen molar-refractivity contribution in [3.05, 3.63) is 36.3 Å². The quantitative estimate of drug-likeness (QED) is 0.823. The standard InChI is InChI=1S/C11H14N4S/c1-15-8-9(6-14-15)5-12-11-4-3-10(16-2)7-13-11/h3-4,6-8H,5H2,1-2H3,(H,12,13). The van der Waals surface area contributed by atoms with Crippen LogP contribution in [0.1, 0.15) is 5.56 Å². The van der Waals surface area contributed by atoms with Gasteiger partial charge in [0.15, 0.2) is 0 Å². The maximum Gasteiger partial charge on any atom is 0.126 e. The molecular formula is C11H14N4S. The lowest BCUT2D eigenvalue weighted by Gasteiger charge is -2.03. The number of anilines is 1. The first kappa shape index (κ1) is 11.0. The summed E-state index contributed by atoms with van der Waals surface area (Å²) in [5.74, 6) is 0.890. The summed E-state index contributed by atoms with van der Waals surface area (Å²) < 4.78 is 1.79. The molecule has 0 aromatic carbocycles. The predicted molar refractivity (Wildman–Crippen MR) is 66.6 cm³/mol. The third kappa shape index (κ3) is 2.76. The summed E-state index contributed by atoms with van der Waals surface area (Å²) in [4.78, 5) is 5.49. The normalized spacial score (nSPS) is 10.4. The van der Waals surface area contributed by atoms with Gasteiger partial charge in [-0.3, -0.25) is 4.68 Å². The average molecular weight is 234 g/mol. The molecule has 0 fully saturated rings. The van der Waals surface area contributed by atoms with Crippen LogP contribution in [0.5, 0.6) is 0 Å². The van der Waals surface area contributed by atoms with Crippen LogP contribution in [0, 0.1) is 0 Å². The van der Waals surface area contributed by atoms with Crippen LogP contribution in [0.2, 0.25) is 0 Å². The van der Waals surface area contributed by atoms with Crippen molar-refractivity contribution in [2.24, 2.45) is 7.05 Å². The van der Waals surface area contributed by atoms with Gasteiger partial charge in [-0.1, -0.05) is 0 Å². The largest absolute Gasteiger partial charge is 0.366 e. The van der Waals surface area contributed by atoms with Gasteiger partial charge in [0.05, 0.1) is 6.20 Å². The molecule has 2 rings (SSSR count). The Morgan fingerprint density at radius 1 is 1.38 bits per heavy atom. The molecule has 0 amide bonds. The van der Waals surface area contributed by atoms with E-state index in [1.807, 2.05) is 38.0 Å².